The van der Waals surface area contributed by atoms with Crippen LogP contribution in [0.4, 0.5) is 5.69 Å². The van der Waals surface area contributed by atoms with Gasteiger partial charge in [0, 0.05) is 6.54 Å². The molecular weight excluding hydrogens is 320 g/mol. The molecule has 2 aliphatic heterocycles. The molecule has 134 valence electrons. The van der Waals surface area contributed by atoms with Crippen molar-refractivity contribution in [2.45, 2.75) is 39.2 Å². The third-order valence-corrected chi connectivity index (χ3v) is 4.99. The Kier molecular flexibility index (Phi) is 5.18. The highest BCUT2D eigenvalue weighted by molar-refractivity contribution is 6.22. The Bertz CT molecular complexity index is 688. The Hall–Kier alpha value is -2.21. The van der Waals surface area contributed by atoms with E-state index in [0.29, 0.717) is 18.8 Å². The monoisotopic (exact) mass is 344 g/mol. The first kappa shape index (κ1) is 17.6. The third kappa shape index (κ3) is 3.44. The molecule has 0 saturated carbocycles. The molecule has 2 saturated heterocycles. The Morgan fingerprint density at radius 3 is 2.76 bits per heavy atom. The highest BCUT2D eigenvalue weighted by atomic mass is 16.5. The third-order valence-electron chi connectivity index (χ3n) is 4.99. The fourth-order valence-corrected chi connectivity index (χ4v) is 3.71. The number of anilines is 1. The zero-order chi connectivity index (χ0) is 18.0. The summed E-state index contributed by atoms with van der Waals surface area (Å²) in [4.78, 5) is 40.7. The molecule has 25 heavy (non-hydrogen) atoms. The van der Waals surface area contributed by atoms with E-state index >= 15 is 0 Å². The van der Waals surface area contributed by atoms with Crippen molar-refractivity contribution in [3.63, 3.8) is 0 Å². The predicted molar refractivity (Wildman–Crippen MR) is 93.0 cm³/mol. The summed E-state index contributed by atoms with van der Waals surface area (Å²) in [7, 11) is 0. The number of aryl methyl sites for hydroxylation is 1. The number of hydrogen-bond acceptors (Lipinski definition) is 5. The molecule has 0 N–H and O–H groups in total. The lowest BCUT2D eigenvalue weighted by molar-refractivity contribution is -0.150. The number of imide groups is 1. The number of rotatable bonds is 4. The fraction of sp³-hybridized carbons (Fsp3) is 0.526. The van der Waals surface area contributed by atoms with Crippen LogP contribution in [-0.2, 0) is 19.1 Å². The van der Waals surface area contributed by atoms with Crippen LogP contribution in [0.3, 0.4) is 0 Å². The number of carbonyl (C=O) groups excluding carboxylic acids is 3. The zero-order valence-electron chi connectivity index (χ0n) is 14.7. The van der Waals surface area contributed by atoms with Gasteiger partial charge < -0.3 is 4.74 Å². The number of hydrogen-bond donors (Lipinski definition) is 0. The molecule has 1 aromatic rings. The average molecular weight is 344 g/mol. The molecule has 2 heterocycles. The largest absolute Gasteiger partial charge is 0.466 e. The van der Waals surface area contributed by atoms with Gasteiger partial charge in [-0.2, -0.15) is 0 Å². The van der Waals surface area contributed by atoms with Crippen LogP contribution in [0, 0.1) is 12.8 Å². The number of piperidine rings is 1. The van der Waals surface area contributed by atoms with Crippen molar-refractivity contribution < 1.29 is 19.1 Å². The highest BCUT2D eigenvalue weighted by Gasteiger charge is 2.44. The lowest BCUT2D eigenvalue weighted by Crippen LogP contribution is -2.48. The van der Waals surface area contributed by atoms with Crippen LogP contribution in [0.2, 0.25) is 0 Å². The summed E-state index contributed by atoms with van der Waals surface area (Å²) in [5, 5.41) is 0. The fourth-order valence-electron chi connectivity index (χ4n) is 3.71. The number of para-hydroxylation sites is 1. The van der Waals surface area contributed by atoms with Gasteiger partial charge in [0.2, 0.25) is 5.91 Å². The molecule has 2 fully saturated rings. The van der Waals surface area contributed by atoms with Crippen molar-refractivity contribution in [3.8, 4) is 0 Å². The van der Waals surface area contributed by atoms with Gasteiger partial charge in [-0.1, -0.05) is 18.2 Å². The van der Waals surface area contributed by atoms with Crippen LogP contribution in [0.1, 0.15) is 31.7 Å². The van der Waals surface area contributed by atoms with Gasteiger partial charge in [0.15, 0.2) is 0 Å². The number of ether oxygens (including phenoxy) is 1. The maximum Gasteiger partial charge on any atom is 0.310 e. The van der Waals surface area contributed by atoms with Crippen LogP contribution in [0.5, 0.6) is 0 Å². The van der Waals surface area contributed by atoms with E-state index in [0.717, 1.165) is 24.9 Å². The lowest BCUT2D eigenvalue weighted by Gasteiger charge is -2.34. The van der Waals surface area contributed by atoms with Crippen LogP contribution in [0.15, 0.2) is 24.3 Å². The normalized spacial score (nSPS) is 24.6. The van der Waals surface area contributed by atoms with E-state index in [1.807, 2.05) is 30.0 Å². The van der Waals surface area contributed by atoms with Crippen molar-refractivity contribution in [1.82, 2.24) is 4.90 Å². The van der Waals surface area contributed by atoms with E-state index in [9.17, 15) is 14.4 Å². The molecule has 6 nitrogen and oxygen atoms in total. The maximum absolute atomic E-state index is 12.9. The van der Waals surface area contributed by atoms with Gasteiger partial charge in [-0.15, -0.1) is 0 Å². The molecule has 3 rings (SSSR count). The Morgan fingerprint density at radius 1 is 1.28 bits per heavy atom. The quantitative estimate of drug-likeness (QED) is 0.616. The second kappa shape index (κ2) is 7.35. The molecule has 0 unspecified atom stereocenters. The maximum atomic E-state index is 12.9. The summed E-state index contributed by atoms with van der Waals surface area (Å²) in [5.74, 6) is -0.796. The van der Waals surface area contributed by atoms with E-state index < -0.39 is 6.04 Å². The second-order valence-electron chi connectivity index (χ2n) is 6.66. The first-order chi connectivity index (χ1) is 12.0. The van der Waals surface area contributed by atoms with E-state index in [2.05, 4.69) is 0 Å². The molecule has 0 radical (unpaired) electrons. The van der Waals surface area contributed by atoms with Gasteiger partial charge in [-0.05, 0) is 44.9 Å². The molecule has 0 aromatic heterocycles. The number of esters is 1. The summed E-state index contributed by atoms with van der Waals surface area (Å²) in [6.07, 6.45) is 1.76. The van der Waals surface area contributed by atoms with Gasteiger partial charge in [-0.3, -0.25) is 19.3 Å². The summed E-state index contributed by atoms with van der Waals surface area (Å²) in [5.41, 5.74) is 1.55. The Labute approximate surface area is 147 Å². The van der Waals surface area contributed by atoms with Crippen molar-refractivity contribution in [1.29, 1.82) is 0 Å². The summed E-state index contributed by atoms with van der Waals surface area (Å²) >= 11 is 0. The van der Waals surface area contributed by atoms with Gasteiger partial charge in [-0.25, -0.2) is 4.90 Å². The minimum absolute atomic E-state index is 0.169. The number of carbonyl (C=O) groups is 3. The minimum Gasteiger partial charge on any atom is -0.466 e. The molecule has 0 aliphatic carbocycles. The molecule has 2 atom stereocenters. The van der Waals surface area contributed by atoms with Crippen molar-refractivity contribution >= 4 is 23.5 Å². The van der Waals surface area contributed by atoms with Gasteiger partial charge in [0.25, 0.3) is 5.91 Å². The highest BCUT2D eigenvalue weighted by Crippen LogP contribution is 2.30. The molecule has 6 heteroatoms. The summed E-state index contributed by atoms with van der Waals surface area (Å²) in [6, 6.07) is 6.92. The standard InChI is InChI=1S/C19H24N2O4/c1-3-25-19(24)14-8-6-10-20(12-14)16-11-17(22)21(18(16)23)15-9-5-4-7-13(15)2/h4-5,7,9,14,16H,3,6,8,10-12H2,1-2H3/t14-,16-/m0/s1. The van der Waals surface area contributed by atoms with Crippen LogP contribution in [0.25, 0.3) is 0 Å². The van der Waals surface area contributed by atoms with Gasteiger partial charge in [0.1, 0.15) is 0 Å². The summed E-state index contributed by atoms with van der Waals surface area (Å²) < 4.78 is 5.12. The number of likely N-dealkylation sites (tertiary alicyclic amines) is 1. The van der Waals surface area contributed by atoms with Crippen LogP contribution < -0.4 is 4.90 Å². The second-order valence-corrected chi connectivity index (χ2v) is 6.66. The topological polar surface area (TPSA) is 66.9 Å². The SMILES string of the molecule is CCOC(=O)[C@H]1CCCN([C@H]2CC(=O)N(c3ccccc3C)C2=O)C1. The predicted octanol–water partition coefficient (Wildman–Crippen LogP) is 1.90. The molecular formula is C19H24N2O4. The zero-order valence-corrected chi connectivity index (χ0v) is 14.7. The van der Waals surface area contributed by atoms with Gasteiger partial charge in [0.05, 0.1) is 30.7 Å². The minimum atomic E-state index is -0.482. The van der Waals surface area contributed by atoms with Crippen molar-refractivity contribution in [2.24, 2.45) is 5.92 Å². The molecule has 2 aliphatic rings. The number of nitrogens with zero attached hydrogens (tertiary/aromatic N) is 2. The van der Waals surface area contributed by atoms with Crippen LogP contribution in [-0.4, -0.2) is 48.4 Å². The van der Waals surface area contributed by atoms with E-state index in [1.54, 1.807) is 13.0 Å². The van der Waals surface area contributed by atoms with E-state index in [1.165, 1.54) is 4.90 Å². The van der Waals surface area contributed by atoms with Crippen molar-refractivity contribution in [3.05, 3.63) is 29.8 Å². The number of benzene rings is 1. The average Bonchev–Trinajstić information content (AvgIpc) is 2.90. The smallest absolute Gasteiger partial charge is 0.310 e. The van der Waals surface area contributed by atoms with Crippen LogP contribution >= 0.6 is 0 Å². The Balaban J connectivity index is 1.76. The van der Waals surface area contributed by atoms with Crippen molar-refractivity contribution in [2.75, 3.05) is 24.6 Å². The molecule has 0 bridgehead atoms. The Morgan fingerprint density at radius 2 is 2.04 bits per heavy atom. The molecule has 2 amide bonds. The molecule has 0 spiro atoms. The summed E-state index contributed by atoms with van der Waals surface area (Å²) in [6.45, 7) is 5.24. The van der Waals surface area contributed by atoms with E-state index in [-0.39, 0.29) is 30.1 Å². The number of amides is 2. The van der Waals surface area contributed by atoms with E-state index in [4.69, 9.17) is 4.74 Å². The van der Waals surface area contributed by atoms with Gasteiger partial charge >= 0.3 is 5.97 Å². The first-order valence-electron chi connectivity index (χ1n) is 8.86. The molecule has 1 aromatic carbocycles. The first-order valence-corrected chi connectivity index (χ1v) is 8.86. The lowest BCUT2D eigenvalue weighted by atomic mass is 9.96.